The summed E-state index contributed by atoms with van der Waals surface area (Å²) in [6.45, 7) is 0. The fourth-order valence-corrected chi connectivity index (χ4v) is 1.47. The molecule has 0 aliphatic rings. The zero-order valence-corrected chi connectivity index (χ0v) is 8.36. The topological polar surface area (TPSA) is 63.7 Å². The van der Waals surface area contributed by atoms with Crippen LogP contribution in [0.5, 0.6) is 6.01 Å². The van der Waals surface area contributed by atoms with E-state index in [4.69, 9.17) is 4.74 Å². The summed E-state index contributed by atoms with van der Waals surface area (Å²) in [5, 5.41) is 0. The normalized spacial score (nSPS) is 10.5. The smallest absolute Gasteiger partial charge is 0.319 e. The molecule has 2 aromatic heterocycles. The van der Waals surface area contributed by atoms with Crippen LogP contribution in [-0.2, 0) is 0 Å². The van der Waals surface area contributed by atoms with Crippen LogP contribution in [-0.4, -0.2) is 27.0 Å². The van der Waals surface area contributed by atoms with E-state index in [1.54, 1.807) is 6.33 Å². The van der Waals surface area contributed by atoms with Crippen molar-refractivity contribution >= 4 is 33.8 Å². The molecule has 0 bridgehead atoms. The maximum atomic E-state index is 4.89. The van der Waals surface area contributed by atoms with Crippen LogP contribution in [0.1, 0.15) is 0 Å². The highest BCUT2D eigenvalue weighted by molar-refractivity contribution is 14.1. The first-order chi connectivity index (χ1) is 5.81. The number of aromatic amines is 1. The number of nitrogens with zero attached hydrogens (tertiary/aromatic N) is 3. The summed E-state index contributed by atoms with van der Waals surface area (Å²) in [5.41, 5.74) is 1.47. The molecule has 62 valence electrons. The number of rotatable bonds is 1. The van der Waals surface area contributed by atoms with E-state index in [1.165, 1.54) is 7.11 Å². The van der Waals surface area contributed by atoms with Gasteiger partial charge in [-0.15, -0.1) is 0 Å². The molecule has 0 unspecified atom stereocenters. The first-order valence-corrected chi connectivity index (χ1v) is 4.30. The summed E-state index contributed by atoms with van der Waals surface area (Å²) in [6.07, 6.45) is 1.58. The first kappa shape index (κ1) is 7.71. The minimum Gasteiger partial charge on any atom is -0.467 e. The van der Waals surface area contributed by atoms with Gasteiger partial charge in [0.05, 0.1) is 13.4 Å². The van der Waals surface area contributed by atoms with Crippen LogP contribution in [0.4, 0.5) is 0 Å². The molecule has 0 saturated heterocycles. The van der Waals surface area contributed by atoms with E-state index in [1.807, 2.05) is 0 Å². The van der Waals surface area contributed by atoms with Gasteiger partial charge >= 0.3 is 6.01 Å². The Bertz CT molecular complexity index is 413. The molecule has 6 heteroatoms. The molecule has 0 aliphatic heterocycles. The van der Waals surface area contributed by atoms with E-state index in [2.05, 4.69) is 42.5 Å². The Morgan fingerprint density at radius 1 is 1.50 bits per heavy atom. The third kappa shape index (κ3) is 1.11. The highest BCUT2D eigenvalue weighted by Crippen LogP contribution is 2.15. The van der Waals surface area contributed by atoms with Gasteiger partial charge in [-0.05, 0) is 22.6 Å². The zero-order valence-electron chi connectivity index (χ0n) is 6.21. The molecular weight excluding hydrogens is 271 g/mol. The van der Waals surface area contributed by atoms with E-state index in [-0.39, 0.29) is 0 Å². The maximum Gasteiger partial charge on any atom is 0.319 e. The number of hydrogen-bond donors (Lipinski definition) is 1. The van der Waals surface area contributed by atoms with Gasteiger partial charge in [-0.3, -0.25) is 0 Å². The van der Waals surface area contributed by atoms with Crippen LogP contribution in [0.3, 0.4) is 0 Å². The van der Waals surface area contributed by atoms with Crippen LogP contribution in [0.25, 0.3) is 11.2 Å². The zero-order chi connectivity index (χ0) is 8.55. The largest absolute Gasteiger partial charge is 0.467 e. The number of methoxy groups -OCH3 is 1. The van der Waals surface area contributed by atoms with Gasteiger partial charge in [0.25, 0.3) is 0 Å². The molecule has 0 saturated carbocycles. The second-order valence-corrected chi connectivity index (χ2v) is 3.12. The van der Waals surface area contributed by atoms with E-state index < -0.39 is 0 Å². The predicted octanol–water partition coefficient (Wildman–Crippen LogP) is 0.966. The summed E-state index contributed by atoms with van der Waals surface area (Å²) in [4.78, 5) is 15.0. The Morgan fingerprint density at radius 3 is 3.08 bits per heavy atom. The van der Waals surface area contributed by atoms with Crippen molar-refractivity contribution in [1.29, 1.82) is 0 Å². The number of H-pyrrole nitrogens is 1. The molecule has 0 atom stereocenters. The van der Waals surface area contributed by atoms with Crippen molar-refractivity contribution in [3.05, 3.63) is 10.0 Å². The van der Waals surface area contributed by atoms with Gasteiger partial charge in [-0.1, -0.05) is 0 Å². The van der Waals surface area contributed by atoms with E-state index in [0.717, 1.165) is 9.22 Å². The molecular formula is C6H5IN4O. The highest BCUT2D eigenvalue weighted by atomic mass is 127. The van der Waals surface area contributed by atoms with Crippen molar-refractivity contribution in [2.45, 2.75) is 0 Å². The van der Waals surface area contributed by atoms with Crippen molar-refractivity contribution in [2.24, 2.45) is 0 Å². The number of hydrogen-bond acceptors (Lipinski definition) is 4. The monoisotopic (exact) mass is 276 g/mol. The second kappa shape index (κ2) is 2.85. The number of fused-ring (bicyclic) bond motifs is 1. The summed E-state index contributed by atoms with van der Waals surface area (Å²) >= 11 is 2.10. The lowest BCUT2D eigenvalue weighted by molar-refractivity contribution is 0.380. The Labute approximate surface area is 81.7 Å². The standard InChI is InChI=1S/C6H5IN4O/c1-12-6-10-4(7)3-5(11-6)9-2-8-3/h2H,1H3,(H,8,9,10,11). The van der Waals surface area contributed by atoms with Crippen molar-refractivity contribution in [3.8, 4) is 6.01 Å². The van der Waals surface area contributed by atoms with Gasteiger partial charge in [0, 0.05) is 0 Å². The minimum absolute atomic E-state index is 0.346. The summed E-state index contributed by atoms with van der Waals surface area (Å²) < 4.78 is 5.70. The lowest BCUT2D eigenvalue weighted by atomic mass is 10.6. The molecule has 2 rings (SSSR count). The average Bonchev–Trinajstić information content (AvgIpc) is 2.52. The number of aromatic nitrogens is 4. The van der Waals surface area contributed by atoms with E-state index in [9.17, 15) is 0 Å². The van der Waals surface area contributed by atoms with Gasteiger partial charge in [-0.2, -0.15) is 9.97 Å². The Morgan fingerprint density at radius 2 is 2.33 bits per heavy atom. The van der Waals surface area contributed by atoms with Crippen molar-refractivity contribution in [1.82, 2.24) is 19.9 Å². The lowest BCUT2D eigenvalue weighted by Gasteiger charge is -1.97. The predicted molar refractivity (Wildman–Crippen MR) is 51.0 cm³/mol. The molecule has 12 heavy (non-hydrogen) atoms. The number of ether oxygens (including phenoxy) is 1. The van der Waals surface area contributed by atoms with Gasteiger partial charge in [-0.25, -0.2) is 4.98 Å². The fourth-order valence-electron chi connectivity index (χ4n) is 0.870. The number of imidazole rings is 1. The lowest BCUT2D eigenvalue weighted by Crippen LogP contribution is -1.94. The van der Waals surface area contributed by atoms with Crippen molar-refractivity contribution in [3.63, 3.8) is 0 Å². The number of nitrogens with one attached hydrogen (secondary N) is 1. The maximum absolute atomic E-state index is 4.89. The SMILES string of the molecule is COc1nc(I)c2[nH]cnc2n1. The summed E-state index contributed by atoms with van der Waals surface area (Å²) in [5.74, 6) is 0. The molecule has 0 fully saturated rings. The van der Waals surface area contributed by atoms with Crippen LogP contribution in [0.2, 0.25) is 0 Å². The number of halogens is 1. The molecule has 2 heterocycles. The van der Waals surface area contributed by atoms with E-state index in [0.29, 0.717) is 11.7 Å². The highest BCUT2D eigenvalue weighted by Gasteiger charge is 2.06. The van der Waals surface area contributed by atoms with Crippen LogP contribution < -0.4 is 4.74 Å². The Kier molecular flexibility index (Phi) is 1.83. The molecule has 0 amide bonds. The third-order valence-corrected chi connectivity index (χ3v) is 2.18. The minimum atomic E-state index is 0.346. The van der Waals surface area contributed by atoms with Gasteiger partial charge < -0.3 is 9.72 Å². The van der Waals surface area contributed by atoms with E-state index >= 15 is 0 Å². The van der Waals surface area contributed by atoms with Gasteiger partial charge in [0.15, 0.2) is 5.65 Å². The molecule has 2 aromatic rings. The fraction of sp³-hybridized carbons (Fsp3) is 0.167. The quantitative estimate of drug-likeness (QED) is 0.622. The molecule has 0 aliphatic carbocycles. The Balaban J connectivity index is 2.75. The van der Waals surface area contributed by atoms with Crippen molar-refractivity contribution < 1.29 is 4.74 Å². The average molecular weight is 276 g/mol. The Hall–Kier alpha value is -0.920. The van der Waals surface area contributed by atoms with Crippen molar-refractivity contribution in [2.75, 3.05) is 7.11 Å². The van der Waals surface area contributed by atoms with Gasteiger partial charge in [0.2, 0.25) is 0 Å². The molecule has 0 aromatic carbocycles. The van der Waals surface area contributed by atoms with Crippen LogP contribution in [0, 0.1) is 3.70 Å². The molecule has 1 N–H and O–H groups in total. The first-order valence-electron chi connectivity index (χ1n) is 3.22. The molecule has 0 spiro atoms. The van der Waals surface area contributed by atoms with Crippen LogP contribution >= 0.6 is 22.6 Å². The summed E-state index contributed by atoms with van der Waals surface area (Å²) in [6, 6.07) is 0.346. The van der Waals surface area contributed by atoms with Crippen LogP contribution in [0.15, 0.2) is 6.33 Å². The molecule has 5 nitrogen and oxygen atoms in total. The summed E-state index contributed by atoms with van der Waals surface area (Å²) in [7, 11) is 1.53. The second-order valence-electron chi connectivity index (χ2n) is 2.10. The molecule has 0 radical (unpaired) electrons. The van der Waals surface area contributed by atoms with Gasteiger partial charge in [0.1, 0.15) is 9.22 Å². The third-order valence-electron chi connectivity index (χ3n) is 1.40.